The number of methoxy groups -OCH3 is 1. The second kappa shape index (κ2) is 7.97. The van der Waals surface area contributed by atoms with E-state index in [2.05, 4.69) is 10.1 Å². The molecule has 26 heavy (non-hydrogen) atoms. The van der Waals surface area contributed by atoms with E-state index in [1.165, 1.54) is 19.2 Å². The van der Waals surface area contributed by atoms with E-state index < -0.39 is 23.6 Å². The zero-order valence-electron chi connectivity index (χ0n) is 14.1. The summed E-state index contributed by atoms with van der Waals surface area (Å²) in [5.41, 5.74) is 0.158. The van der Waals surface area contributed by atoms with Crippen molar-refractivity contribution in [2.45, 2.75) is 18.9 Å². The van der Waals surface area contributed by atoms with E-state index >= 15 is 0 Å². The second-order valence-electron chi connectivity index (χ2n) is 5.70. The number of halogens is 4. The Labute approximate surface area is 153 Å². The number of alkyl halides is 3. The molecule has 0 aliphatic heterocycles. The maximum atomic E-state index is 12.2. The minimum atomic E-state index is -4.78. The van der Waals surface area contributed by atoms with Crippen molar-refractivity contribution in [1.29, 1.82) is 0 Å². The number of hydrogen-bond donors (Lipinski definition) is 1. The quantitative estimate of drug-likeness (QED) is 0.792. The van der Waals surface area contributed by atoms with Gasteiger partial charge in [0.25, 0.3) is 5.91 Å². The molecule has 0 fully saturated rings. The highest BCUT2D eigenvalue weighted by Gasteiger charge is 2.31. The highest BCUT2D eigenvalue weighted by atomic mass is 35.5. The minimum Gasteiger partial charge on any atom is -0.406 e. The third-order valence-corrected chi connectivity index (χ3v) is 4.06. The summed E-state index contributed by atoms with van der Waals surface area (Å²) in [5.74, 6) is -0.844. The van der Waals surface area contributed by atoms with E-state index in [-0.39, 0.29) is 12.1 Å². The number of nitrogens with one attached hydrogen (secondary N) is 1. The van der Waals surface area contributed by atoms with Crippen molar-refractivity contribution >= 4 is 17.5 Å². The van der Waals surface area contributed by atoms with Crippen LogP contribution >= 0.6 is 11.6 Å². The molecule has 4 nitrogen and oxygen atoms in total. The Hall–Kier alpha value is -2.25. The third-order valence-electron chi connectivity index (χ3n) is 3.82. The summed E-state index contributed by atoms with van der Waals surface area (Å²) in [7, 11) is 1.51. The monoisotopic (exact) mass is 387 g/mol. The van der Waals surface area contributed by atoms with Gasteiger partial charge in [0.05, 0.1) is 6.54 Å². The average molecular weight is 388 g/mol. The van der Waals surface area contributed by atoms with Crippen LogP contribution in [0.25, 0.3) is 0 Å². The first-order valence-electron chi connectivity index (χ1n) is 7.58. The molecule has 2 aromatic rings. The molecule has 0 radical (unpaired) electrons. The van der Waals surface area contributed by atoms with Gasteiger partial charge in [-0.3, -0.25) is 4.79 Å². The number of benzene rings is 2. The van der Waals surface area contributed by atoms with Gasteiger partial charge in [-0.2, -0.15) is 0 Å². The lowest BCUT2D eigenvalue weighted by atomic mass is 9.95. The van der Waals surface area contributed by atoms with Crippen molar-refractivity contribution in [2.24, 2.45) is 0 Å². The molecule has 0 saturated carbocycles. The van der Waals surface area contributed by atoms with E-state index in [9.17, 15) is 18.0 Å². The Kier molecular flexibility index (Phi) is 6.15. The predicted octanol–water partition coefficient (Wildman–Crippen LogP) is 4.53. The van der Waals surface area contributed by atoms with Crippen LogP contribution in [-0.4, -0.2) is 25.9 Å². The summed E-state index contributed by atoms with van der Waals surface area (Å²) in [4.78, 5) is 12.2. The first kappa shape index (κ1) is 20.1. The first-order chi connectivity index (χ1) is 12.1. The average Bonchev–Trinajstić information content (AvgIpc) is 2.58. The Bertz CT molecular complexity index is 765. The van der Waals surface area contributed by atoms with Gasteiger partial charge in [-0.25, -0.2) is 0 Å². The van der Waals surface area contributed by atoms with Gasteiger partial charge in [-0.1, -0.05) is 23.7 Å². The molecule has 2 rings (SSSR count). The Balaban J connectivity index is 2.04. The van der Waals surface area contributed by atoms with Crippen molar-refractivity contribution in [2.75, 3.05) is 13.7 Å². The van der Waals surface area contributed by atoms with Crippen LogP contribution < -0.4 is 10.1 Å². The summed E-state index contributed by atoms with van der Waals surface area (Å²) in [6, 6.07) is 11.7. The molecule has 0 aromatic heterocycles. The SMILES string of the molecule is COC(C)(CNC(=O)c1ccc(OC(F)(F)F)cc1)c1cccc(Cl)c1. The van der Waals surface area contributed by atoms with Gasteiger partial charge >= 0.3 is 6.36 Å². The van der Waals surface area contributed by atoms with Crippen LogP contribution in [0.1, 0.15) is 22.8 Å². The van der Waals surface area contributed by atoms with Crippen LogP contribution in [0.4, 0.5) is 13.2 Å². The molecule has 140 valence electrons. The fourth-order valence-electron chi connectivity index (χ4n) is 2.27. The summed E-state index contributed by atoms with van der Waals surface area (Å²) in [6.07, 6.45) is -4.78. The molecule has 0 bridgehead atoms. The van der Waals surface area contributed by atoms with E-state index in [4.69, 9.17) is 16.3 Å². The lowest BCUT2D eigenvalue weighted by Gasteiger charge is -2.29. The van der Waals surface area contributed by atoms with Gasteiger partial charge in [0.1, 0.15) is 11.4 Å². The van der Waals surface area contributed by atoms with Gasteiger partial charge in [-0.05, 0) is 48.9 Å². The highest BCUT2D eigenvalue weighted by molar-refractivity contribution is 6.30. The van der Waals surface area contributed by atoms with Crippen molar-refractivity contribution in [1.82, 2.24) is 5.32 Å². The normalized spacial score (nSPS) is 13.8. The minimum absolute atomic E-state index is 0.142. The summed E-state index contributed by atoms with van der Waals surface area (Å²) >= 11 is 5.99. The van der Waals surface area contributed by atoms with Gasteiger partial charge in [0.15, 0.2) is 0 Å². The van der Waals surface area contributed by atoms with Crippen molar-refractivity contribution < 1.29 is 27.4 Å². The molecule has 1 unspecified atom stereocenters. The maximum Gasteiger partial charge on any atom is 0.573 e. The molecule has 8 heteroatoms. The van der Waals surface area contributed by atoms with Crippen molar-refractivity contribution in [3.8, 4) is 5.75 Å². The molecule has 2 aromatic carbocycles. The zero-order chi connectivity index (χ0) is 19.4. The second-order valence-corrected chi connectivity index (χ2v) is 6.14. The zero-order valence-corrected chi connectivity index (χ0v) is 14.8. The number of hydrogen-bond acceptors (Lipinski definition) is 3. The molecular weight excluding hydrogens is 371 g/mol. The number of rotatable bonds is 6. The third kappa shape index (κ3) is 5.37. The topological polar surface area (TPSA) is 47.6 Å². The number of amides is 1. The Morgan fingerprint density at radius 1 is 1.15 bits per heavy atom. The smallest absolute Gasteiger partial charge is 0.406 e. The molecule has 0 heterocycles. The van der Waals surface area contributed by atoms with E-state index in [1.54, 1.807) is 25.1 Å². The molecular formula is C18H17ClF3NO3. The summed E-state index contributed by atoms with van der Waals surface area (Å²) < 4.78 is 45.8. The molecule has 0 spiro atoms. The van der Waals surface area contributed by atoms with Crippen LogP contribution in [0, 0.1) is 0 Å². The number of carbonyl (C=O) groups excluding carboxylic acids is 1. The highest BCUT2D eigenvalue weighted by Crippen LogP contribution is 2.26. The van der Waals surface area contributed by atoms with Crippen molar-refractivity contribution in [3.05, 3.63) is 64.7 Å². The molecule has 1 N–H and O–H groups in total. The van der Waals surface area contributed by atoms with Crippen LogP contribution in [-0.2, 0) is 10.3 Å². The molecule has 0 saturated heterocycles. The lowest BCUT2D eigenvalue weighted by Crippen LogP contribution is -2.40. The lowest BCUT2D eigenvalue weighted by molar-refractivity contribution is -0.274. The van der Waals surface area contributed by atoms with Gasteiger partial charge in [-0.15, -0.1) is 13.2 Å². The van der Waals surface area contributed by atoms with Crippen LogP contribution in [0.2, 0.25) is 5.02 Å². The molecule has 1 amide bonds. The van der Waals surface area contributed by atoms with E-state index in [0.29, 0.717) is 5.02 Å². The van der Waals surface area contributed by atoms with Gasteiger partial charge in [0, 0.05) is 17.7 Å². The van der Waals surface area contributed by atoms with Crippen molar-refractivity contribution in [3.63, 3.8) is 0 Å². The first-order valence-corrected chi connectivity index (χ1v) is 7.96. The molecule has 0 aliphatic carbocycles. The maximum absolute atomic E-state index is 12.2. The van der Waals surface area contributed by atoms with Crippen LogP contribution in [0.5, 0.6) is 5.75 Å². The molecule has 1 atom stereocenters. The number of carbonyl (C=O) groups is 1. The van der Waals surface area contributed by atoms with Gasteiger partial charge in [0.2, 0.25) is 0 Å². The number of ether oxygens (including phenoxy) is 2. The summed E-state index contributed by atoms with van der Waals surface area (Å²) in [5, 5.41) is 3.25. The van der Waals surface area contributed by atoms with Crippen LogP contribution in [0.15, 0.2) is 48.5 Å². The van der Waals surface area contributed by atoms with Gasteiger partial charge < -0.3 is 14.8 Å². The fraction of sp³-hybridized carbons (Fsp3) is 0.278. The van der Waals surface area contributed by atoms with E-state index in [0.717, 1.165) is 17.7 Å². The Morgan fingerprint density at radius 3 is 2.35 bits per heavy atom. The standard InChI is InChI=1S/C18H17ClF3NO3/c1-17(25-2,13-4-3-5-14(19)10-13)11-23-16(24)12-6-8-15(9-7-12)26-18(20,21)22/h3-10H,11H2,1-2H3,(H,23,24). The molecule has 0 aliphatic rings. The predicted molar refractivity (Wildman–Crippen MR) is 91.3 cm³/mol. The Morgan fingerprint density at radius 2 is 1.81 bits per heavy atom. The summed E-state index contributed by atoms with van der Waals surface area (Å²) in [6.45, 7) is 1.93. The fourth-order valence-corrected chi connectivity index (χ4v) is 2.46. The van der Waals surface area contributed by atoms with E-state index in [1.807, 2.05) is 6.07 Å². The largest absolute Gasteiger partial charge is 0.573 e. The van der Waals surface area contributed by atoms with Crippen LogP contribution in [0.3, 0.4) is 0 Å².